The summed E-state index contributed by atoms with van der Waals surface area (Å²) in [4.78, 5) is 31.6. The van der Waals surface area contributed by atoms with Crippen molar-refractivity contribution in [2.24, 2.45) is 5.92 Å². The van der Waals surface area contributed by atoms with Gasteiger partial charge in [-0.1, -0.05) is 0 Å². The van der Waals surface area contributed by atoms with Gasteiger partial charge in [-0.2, -0.15) is 0 Å². The summed E-state index contributed by atoms with van der Waals surface area (Å²) in [5.41, 5.74) is 1.56. The molecule has 0 unspecified atom stereocenters. The number of nitrogens with zero attached hydrogens (tertiary/aromatic N) is 2. The van der Waals surface area contributed by atoms with Gasteiger partial charge in [0.05, 0.1) is 5.69 Å². The highest BCUT2D eigenvalue weighted by molar-refractivity contribution is 7.15. The van der Waals surface area contributed by atoms with E-state index >= 15 is 0 Å². The lowest BCUT2D eigenvalue weighted by Crippen LogP contribution is -2.37. The van der Waals surface area contributed by atoms with Crippen LogP contribution in [0.15, 0.2) is 24.3 Å². The molecule has 0 radical (unpaired) electrons. The number of anilines is 1. The lowest BCUT2D eigenvalue weighted by molar-refractivity contribution is -0.114. The van der Waals surface area contributed by atoms with Crippen LogP contribution >= 0.6 is 11.3 Å². The van der Waals surface area contributed by atoms with E-state index in [9.17, 15) is 14.0 Å². The number of piperidine rings is 1. The number of nitrogens with one attached hydrogen (secondary N) is 1. The first-order valence-electron chi connectivity index (χ1n) is 9.18. The monoisotopic (exact) mass is 389 g/mol. The third-order valence-electron chi connectivity index (χ3n) is 4.92. The minimum absolute atomic E-state index is 0.0169. The number of amides is 1. The third-order valence-corrected chi connectivity index (χ3v) is 6.05. The van der Waals surface area contributed by atoms with Crippen LogP contribution in [0.25, 0.3) is 0 Å². The number of thiazole rings is 1. The first kappa shape index (κ1) is 19.6. The predicted octanol–water partition coefficient (Wildman–Crippen LogP) is 3.69. The van der Waals surface area contributed by atoms with Gasteiger partial charge in [0.1, 0.15) is 5.82 Å². The Morgan fingerprint density at radius 1 is 1.26 bits per heavy atom. The summed E-state index contributed by atoms with van der Waals surface area (Å²) in [6, 6.07) is 5.83. The van der Waals surface area contributed by atoms with Crippen molar-refractivity contribution < 1.29 is 14.0 Å². The molecule has 1 aliphatic rings. The van der Waals surface area contributed by atoms with E-state index < -0.39 is 0 Å². The van der Waals surface area contributed by atoms with Gasteiger partial charge in [-0.3, -0.25) is 9.59 Å². The lowest BCUT2D eigenvalue weighted by Gasteiger charge is -2.31. The molecule has 0 bridgehead atoms. The van der Waals surface area contributed by atoms with Crippen LogP contribution in [0.4, 0.5) is 9.52 Å². The number of benzene rings is 1. The number of hydrogen-bond acceptors (Lipinski definition) is 5. The van der Waals surface area contributed by atoms with Gasteiger partial charge in [-0.05, 0) is 63.5 Å². The Balaban J connectivity index is 1.48. The van der Waals surface area contributed by atoms with E-state index in [4.69, 9.17) is 0 Å². The van der Waals surface area contributed by atoms with Crippen molar-refractivity contribution in [3.05, 3.63) is 46.2 Å². The fraction of sp³-hybridized carbons (Fsp3) is 0.450. The smallest absolute Gasteiger partial charge is 0.223 e. The van der Waals surface area contributed by atoms with Gasteiger partial charge in [-0.25, -0.2) is 9.37 Å². The summed E-state index contributed by atoms with van der Waals surface area (Å²) in [6.45, 7) is 6.13. The van der Waals surface area contributed by atoms with Crippen molar-refractivity contribution in [2.75, 3.05) is 25.0 Å². The summed E-state index contributed by atoms with van der Waals surface area (Å²) < 4.78 is 13.0. The van der Waals surface area contributed by atoms with Gasteiger partial charge in [0.2, 0.25) is 5.91 Å². The molecule has 27 heavy (non-hydrogen) atoms. The van der Waals surface area contributed by atoms with Gasteiger partial charge in [0.25, 0.3) is 0 Å². The molecule has 7 heteroatoms. The Morgan fingerprint density at radius 2 is 1.93 bits per heavy atom. The fourth-order valence-corrected chi connectivity index (χ4v) is 4.39. The molecule has 1 fully saturated rings. The molecule has 1 N–H and O–H groups in total. The summed E-state index contributed by atoms with van der Waals surface area (Å²) >= 11 is 1.53. The maximum atomic E-state index is 13.0. The van der Waals surface area contributed by atoms with E-state index in [1.165, 1.54) is 35.3 Å². The van der Waals surface area contributed by atoms with E-state index in [-0.39, 0.29) is 23.4 Å². The van der Waals surface area contributed by atoms with E-state index in [1.807, 2.05) is 6.92 Å². The average molecular weight is 389 g/mol. The molecule has 1 aromatic carbocycles. The summed E-state index contributed by atoms with van der Waals surface area (Å²) in [7, 11) is 0. The van der Waals surface area contributed by atoms with Crippen molar-refractivity contribution in [2.45, 2.75) is 33.1 Å². The molecule has 0 saturated carbocycles. The largest absolute Gasteiger partial charge is 0.303 e. The molecule has 0 spiro atoms. The molecule has 0 aliphatic carbocycles. The molecule has 3 rings (SSSR count). The second-order valence-electron chi connectivity index (χ2n) is 6.95. The van der Waals surface area contributed by atoms with Crippen LogP contribution in [-0.4, -0.2) is 41.2 Å². The Labute approximate surface area is 162 Å². The maximum absolute atomic E-state index is 13.0. The molecule has 144 valence electrons. The van der Waals surface area contributed by atoms with Gasteiger partial charge < -0.3 is 10.2 Å². The van der Waals surface area contributed by atoms with Crippen LogP contribution in [0.1, 0.15) is 40.7 Å². The van der Waals surface area contributed by atoms with Crippen LogP contribution in [0.5, 0.6) is 0 Å². The maximum Gasteiger partial charge on any atom is 0.223 e. The molecule has 2 aromatic rings. The topological polar surface area (TPSA) is 62.3 Å². The van der Waals surface area contributed by atoms with Crippen LogP contribution in [-0.2, 0) is 11.2 Å². The number of aromatic nitrogens is 1. The Kier molecular flexibility index (Phi) is 6.34. The first-order chi connectivity index (χ1) is 12.9. The molecular weight excluding hydrogens is 365 g/mol. The normalized spacial score (nSPS) is 15.7. The summed E-state index contributed by atoms with van der Waals surface area (Å²) in [6.07, 6.45) is 2.55. The number of carbonyl (C=O) groups is 2. The van der Waals surface area contributed by atoms with E-state index in [2.05, 4.69) is 15.2 Å². The highest BCUT2D eigenvalue weighted by Crippen LogP contribution is 2.25. The lowest BCUT2D eigenvalue weighted by atomic mass is 9.89. The number of rotatable bonds is 6. The molecule has 1 saturated heterocycles. The molecule has 0 atom stereocenters. The molecule has 1 aromatic heterocycles. The molecule has 1 aliphatic heterocycles. The van der Waals surface area contributed by atoms with Crippen LogP contribution < -0.4 is 5.32 Å². The van der Waals surface area contributed by atoms with Gasteiger partial charge in [0.15, 0.2) is 10.9 Å². The fourth-order valence-electron chi connectivity index (χ4n) is 3.39. The minimum Gasteiger partial charge on any atom is -0.303 e. The number of aryl methyl sites for hydroxylation is 1. The summed E-state index contributed by atoms with van der Waals surface area (Å²) in [5, 5.41) is 3.39. The van der Waals surface area contributed by atoms with Crippen LogP contribution in [0.2, 0.25) is 0 Å². The van der Waals surface area contributed by atoms with Crippen molar-refractivity contribution in [1.82, 2.24) is 9.88 Å². The Morgan fingerprint density at radius 3 is 2.56 bits per heavy atom. The summed E-state index contributed by atoms with van der Waals surface area (Å²) in [5.74, 6) is -0.291. The zero-order chi connectivity index (χ0) is 19.4. The average Bonchev–Trinajstić information content (AvgIpc) is 2.99. The standard InChI is InChI=1S/C20H24FN3O2S/c1-13-18(27-20(22-13)23-14(2)25)9-12-24-10-7-16(8-11-24)19(26)15-3-5-17(21)6-4-15/h3-6,16H,7-12H2,1-2H3,(H,22,23,25). The third kappa shape index (κ3) is 5.20. The minimum atomic E-state index is -0.318. The highest BCUT2D eigenvalue weighted by atomic mass is 32.1. The molecular formula is C20H24FN3O2S. The quantitative estimate of drug-likeness (QED) is 0.766. The number of halogens is 1. The molecule has 5 nitrogen and oxygen atoms in total. The Bertz CT molecular complexity index is 811. The van der Waals surface area contributed by atoms with Crippen molar-refractivity contribution in [1.29, 1.82) is 0 Å². The number of ketones is 1. The van der Waals surface area contributed by atoms with E-state index in [0.29, 0.717) is 10.7 Å². The van der Waals surface area contributed by atoms with E-state index in [1.54, 1.807) is 12.1 Å². The second kappa shape index (κ2) is 8.71. The van der Waals surface area contributed by atoms with Crippen LogP contribution in [0, 0.1) is 18.7 Å². The number of hydrogen-bond donors (Lipinski definition) is 1. The zero-order valence-electron chi connectivity index (χ0n) is 15.6. The van der Waals surface area contributed by atoms with Crippen molar-refractivity contribution in [3.63, 3.8) is 0 Å². The Hall–Kier alpha value is -2.12. The van der Waals surface area contributed by atoms with Crippen molar-refractivity contribution in [3.8, 4) is 0 Å². The number of Topliss-reactive ketones (excluding diaryl/α,β-unsaturated/α-hetero) is 1. The number of carbonyl (C=O) groups excluding carboxylic acids is 2. The van der Waals surface area contributed by atoms with Gasteiger partial charge >= 0.3 is 0 Å². The predicted molar refractivity (Wildman–Crippen MR) is 105 cm³/mol. The second-order valence-corrected chi connectivity index (χ2v) is 8.03. The highest BCUT2D eigenvalue weighted by Gasteiger charge is 2.25. The molecule has 2 heterocycles. The first-order valence-corrected chi connectivity index (χ1v) is 10.00. The number of likely N-dealkylation sites (tertiary alicyclic amines) is 1. The SMILES string of the molecule is CC(=O)Nc1nc(C)c(CCN2CCC(C(=O)c3ccc(F)cc3)CC2)s1. The van der Waals surface area contributed by atoms with E-state index in [0.717, 1.165) is 44.6 Å². The molecule has 1 amide bonds. The van der Waals surface area contributed by atoms with Gasteiger partial charge in [-0.15, -0.1) is 11.3 Å². The van der Waals surface area contributed by atoms with Crippen LogP contribution in [0.3, 0.4) is 0 Å². The zero-order valence-corrected chi connectivity index (χ0v) is 16.4. The van der Waals surface area contributed by atoms with Crippen molar-refractivity contribution >= 4 is 28.2 Å². The van der Waals surface area contributed by atoms with Gasteiger partial charge in [0, 0.05) is 29.8 Å².